The average Bonchev–Trinajstić information content (AvgIpc) is 3.62. The van der Waals surface area contributed by atoms with Crippen LogP contribution in [0.25, 0.3) is 16.7 Å². The molecule has 0 bridgehead atoms. The van der Waals surface area contributed by atoms with E-state index in [1.807, 2.05) is 12.1 Å². The Hall–Kier alpha value is -3.64. The molecular formula is C30H30N2O4. The molecule has 184 valence electrons. The standard InChI is InChI=1S/C30H30N2O4/c1-19-21(13-11-20-12-14-23-22(17-29(33)34)18-36-28(23)16-20)6-4-9-25(19)32-26-8-3-2-7-24(26)31-30(32)27-10-5-15-35-27/h2-4,6-9,12,14,16,22,27H,5,10-11,13,15,17-18H2,1H3,(H,33,34)/t22-,27+/m1/s1. The maximum Gasteiger partial charge on any atom is 0.304 e. The third-order valence-electron chi connectivity index (χ3n) is 7.52. The number of hydrogen-bond acceptors (Lipinski definition) is 4. The number of carbonyl (C=O) groups is 1. The maximum absolute atomic E-state index is 11.1. The minimum atomic E-state index is -0.788. The van der Waals surface area contributed by atoms with Crippen LogP contribution < -0.4 is 4.74 Å². The van der Waals surface area contributed by atoms with Crippen molar-refractivity contribution in [2.45, 2.75) is 51.0 Å². The van der Waals surface area contributed by atoms with E-state index in [0.717, 1.165) is 66.1 Å². The molecule has 0 aliphatic carbocycles. The molecule has 6 nitrogen and oxygen atoms in total. The fourth-order valence-electron chi connectivity index (χ4n) is 5.61. The van der Waals surface area contributed by atoms with Crippen molar-refractivity contribution in [3.63, 3.8) is 0 Å². The third kappa shape index (κ3) is 4.16. The van der Waals surface area contributed by atoms with Crippen molar-refractivity contribution < 1.29 is 19.4 Å². The first kappa shape index (κ1) is 22.8. The molecule has 1 saturated heterocycles. The molecule has 3 aromatic carbocycles. The van der Waals surface area contributed by atoms with E-state index in [1.165, 1.54) is 16.7 Å². The number of ether oxygens (including phenoxy) is 2. The van der Waals surface area contributed by atoms with E-state index < -0.39 is 5.97 Å². The summed E-state index contributed by atoms with van der Waals surface area (Å²) in [6.45, 7) is 3.42. The summed E-state index contributed by atoms with van der Waals surface area (Å²) in [7, 11) is 0. The molecule has 0 spiro atoms. The van der Waals surface area contributed by atoms with Crippen molar-refractivity contribution in [1.82, 2.24) is 9.55 Å². The summed E-state index contributed by atoms with van der Waals surface area (Å²) in [5.41, 5.74) is 8.01. The number of carboxylic acid groups (broad SMARTS) is 1. The van der Waals surface area contributed by atoms with E-state index in [9.17, 15) is 4.79 Å². The van der Waals surface area contributed by atoms with E-state index in [4.69, 9.17) is 19.6 Å². The number of fused-ring (bicyclic) bond motifs is 2. The van der Waals surface area contributed by atoms with Crippen molar-refractivity contribution in [3.05, 3.63) is 88.7 Å². The van der Waals surface area contributed by atoms with Crippen LogP contribution in [0.4, 0.5) is 0 Å². The topological polar surface area (TPSA) is 73.6 Å². The maximum atomic E-state index is 11.1. The van der Waals surface area contributed by atoms with E-state index in [-0.39, 0.29) is 18.4 Å². The number of aromatic nitrogens is 2. The van der Waals surface area contributed by atoms with Crippen LogP contribution in [0, 0.1) is 6.92 Å². The highest BCUT2D eigenvalue weighted by molar-refractivity contribution is 5.79. The van der Waals surface area contributed by atoms with Gasteiger partial charge in [0.05, 0.1) is 29.7 Å². The molecule has 1 N–H and O–H groups in total. The van der Waals surface area contributed by atoms with Crippen LogP contribution in [-0.2, 0) is 22.4 Å². The number of rotatable bonds is 7. The zero-order chi connectivity index (χ0) is 24.6. The van der Waals surface area contributed by atoms with E-state index >= 15 is 0 Å². The molecule has 0 saturated carbocycles. The highest BCUT2D eigenvalue weighted by Gasteiger charge is 2.27. The van der Waals surface area contributed by atoms with Crippen molar-refractivity contribution in [2.24, 2.45) is 0 Å². The number of nitrogens with zero attached hydrogens (tertiary/aromatic N) is 2. The van der Waals surface area contributed by atoms with Gasteiger partial charge in [0.15, 0.2) is 0 Å². The Morgan fingerprint density at radius 1 is 1.11 bits per heavy atom. The molecule has 1 fully saturated rings. The van der Waals surface area contributed by atoms with E-state index in [1.54, 1.807) is 0 Å². The Balaban J connectivity index is 1.28. The van der Waals surface area contributed by atoms with Crippen LogP contribution in [0.3, 0.4) is 0 Å². The molecule has 2 atom stereocenters. The number of hydrogen-bond donors (Lipinski definition) is 1. The summed E-state index contributed by atoms with van der Waals surface area (Å²) in [6.07, 6.45) is 3.98. The van der Waals surface area contributed by atoms with Crippen molar-refractivity contribution in [2.75, 3.05) is 13.2 Å². The Morgan fingerprint density at radius 3 is 2.83 bits per heavy atom. The van der Waals surface area contributed by atoms with E-state index in [0.29, 0.717) is 6.61 Å². The zero-order valence-electron chi connectivity index (χ0n) is 20.4. The number of para-hydroxylation sites is 2. The van der Waals surface area contributed by atoms with Crippen LogP contribution in [-0.4, -0.2) is 33.8 Å². The average molecular weight is 483 g/mol. The first-order valence-corrected chi connectivity index (χ1v) is 12.7. The van der Waals surface area contributed by atoms with Gasteiger partial charge in [0.2, 0.25) is 0 Å². The monoisotopic (exact) mass is 482 g/mol. The van der Waals surface area contributed by atoms with Gasteiger partial charge < -0.3 is 14.6 Å². The molecule has 3 heterocycles. The second-order valence-corrected chi connectivity index (χ2v) is 9.84. The molecule has 0 amide bonds. The molecule has 2 aliphatic heterocycles. The lowest BCUT2D eigenvalue weighted by Gasteiger charge is -2.18. The van der Waals surface area contributed by atoms with Gasteiger partial charge in [-0.3, -0.25) is 9.36 Å². The lowest BCUT2D eigenvalue weighted by Crippen LogP contribution is -2.09. The second kappa shape index (κ2) is 9.43. The predicted octanol–water partition coefficient (Wildman–Crippen LogP) is 5.92. The summed E-state index contributed by atoms with van der Waals surface area (Å²) in [6, 6.07) is 21.1. The zero-order valence-corrected chi connectivity index (χ0v) is 20.4. The summed E-state index contributed by atoms with van der Waals surface area (Å²) in [4.78, 5) is 16.1. The molecular weight excluding hydrogens is 452 g/mol. The van der Waals surface area contributed by atoms with Gasteiger partial charge in [0.25, 0.3) is 0 Å². The molecule has 6 rings (SSSR count). The smallest absolute Gasteiger partial charge is 0.304 e. The van der Waals surface area contributed by atoms with Crippen molar-refractivity contribution >= 4 is 17.0 Å². The number of carboxylic acids is 1. The first-order chi connectivity index (χ1) is 17.6. The van der Waals surface area contributed by atoms with Crippen LogP contribution in [0.5, 0.6) is 5.75 Å². The van der Waals surface area contributed by atoms with E-state index in [2.05, 4.69) is 60.0 Å². The Labute approximate surface area is 210 Å². The number of aliphatic carboxylic acids is 1. The number of benzene rings is 3. The molecule has 36 heavy (non-hydrogen) atoms. The highest BCUT2D eigenvalue weighted by atomic mass is 16.5. The van der Waals surface area contributed by atoms with Gasteiger partial charge in [-0.05, 0) is 73.6 Å². The lowest BCUT2D eigenvalue weighted by atomic mass is 9.94. The van der Waals surface area contributed by atoms with Crippen molar-refractivity contribution in [1.29, 1.82) is 0 Å². The van der Waals surface area contributed by atoms with Gasteiger partial charge >= 0.3 is 5.97 Å². The molecule has 0 radical (unpaired) electrons. The summed E-state index contributed by atoms with van der Waals surface area (Å²) < 4.78 is 14.1. The predicted molar refractivity (Wildman–Crippen MR) is 138 cm³/mol. The van der Waals surface area contributed by atoms with Gasteiger partial charge in [-0.25, -0.2) is 4.98 Å². The van der Waals surface area contributed by atoms with Gasteiger partial charge in [0, 0.05) is 18.1 Å². The number of aryl methyl sites for hydroxylation is 2. The first-order valence-electron chi connectivity index (χ1n) is 12.7. The Bertz CT molecular complexity index is 1430. The summed E-state index contributed by atoms with van der Waals surface area (Å²) in [5.74, 6) is 0.966. The summed E-state index contributed by atoms with van der Waals surface area (Å²) >= 11 is 0. The third-order valence-corrected chi connectivity index (χ3v) is 7.52. The van der Waals surface area contributed by atoms with Gasteiger partial charge in [-0.1, -0.05) is 36.4 Å². The normalized spacial score (nSPS) is 18.9. The molecule has 0 unspecified atom stereocenters. The summed E-state index contributed by atoms with van der Waals surface area (Å²) in [5, 5.41) is 9.15. The Kier molecular flexibility index (Phi) is 5.97. The minimum Gasteiger partial charge on any atom is -0.493 e. The lowest BCUT2D eigenvalue weighted by molar-refractivity contribution is -0.137. The SMILES string of the molecule is Cc1c(CCc2ccc3c(c2)OC[C@H]3CC(=O)O)cccc1-n1c([C@@H]2CCCO2)nc2ccccc21. The quantitative estimate of drug-likeness (QED) is 0.354. The molecule has 4 aromatic rings. The highest BCUT2D eigenvalue weighted by Crippen LogP contribution is 2.37. The fourth-order valence-corrected chi connectivity index (χ4v) is 5.61. The van der Waals surface area contributed by atoms with Crippen LogP contribution >= 0.6 is 0 Å². The Morgan fingerprint density at radius 2 is 2.00 bits per heavy atom. The van der Waals surface area contributed by atoms with Crippen LogP contribution in [0.2, 0.25) is 0 Å². The van der Waals surface area contributed by atoms with Crippen LogP contribution in [0.15, 0.2) is 60.7 Å². The largest absolute Gasteiger partial charge is 0.493 e. The second-order valence-electron chi connectivity index (χ2n) is 9.84. The molecule has 6 heteroatoms. The molecule has 1 aromatic heterocycles. The minimum absolute atomic E-state index is 0.0248. The molecule has 2 aliphatic rings. The van der Waals surface area contributed by atoms with Crippen molar-refractivity contribution in [3.8, 4) is 11.4 Å². The van der Waals surface area contributed by atoms with Crippen LogP contribution in [0.1, 0.15) is 59.4 Å². The number of imidazole rings is 1. The van der Waals surface area contributed by atoms with Gasteiger partial charge in [-0.15, -0.1) is 0 Å². The fraction of sp³-hybridized carbons (Fsp3) is 0.333. The van der Waals surface area contributed by atoms with Gasteiger partial charge in [-0.2, -0.15) is 0 Å². The van der Waals surface area contributed by atoms with Gasteiger partial charge in [0.1, 0.15) is 17.7 Å².